The topological polar surface area (TPSA) is 84.3 Å². The van der Waals surface area contributed by atoms with E-state index in [2.05, 4.69) is 48.2 Å². The zero-order valence-corrected chi connectivity index (χ0v) is 28.2. The molecule has 2 aromatic heterocycles. The van der Waals surface area contributed by atoms with E-state index < -0.39 is 0 Å². The van der Waals surface area contributed by atoms with Crippen molar-refractivity contribution in [3.05, 3.63) is 63.8 Å². The van der Waals surface area contributed by atoms with Gasteiger partial charge in [-0.25, -0.2) is 0 Å². The predicted octanol–water partition coefficient (Wildman–Crippen LogP) is 10.7. The number of carbonyl (C=O) groups excluding carboxylic acids is 1. The van der Waals surface area contributed by atoms with Crippen LogP contribution < -0.4 is 10.1 Å². The van der Waals surface area contributed by atoms with Crippen LogP contribution in [0.2, 0.25) is 10.0 Å². The summed E-state index contributed by atoms with van der Waals surface area (Å²) in [6.45, 7) is 9.02. The molecule has 0 radical (unpaired) electrons. The van der Waals surface area contributed by atoms with Crippen molar-refractivity contribution in [1.29, 1.82) is 0 Å². The average Bonchev–Trinajstić information content (AvgIpc) is 3.56. The first-order chi connectivity index (χ1) is 21.2. The van der Waals surface area contributed by atoms with Crippen LogP contribution in [0.15, 0.2) is 42.5 Å². The molecule has 238 valence electrons. The van der Waals surface area contributed by atoms with Crippen molar-refractivity contribution in [1.82, 2.24) is 19.8 Å². The molecule has 44 heavy (non-hydrogen) atoms. The van der Waals surface area contributed by atoms with Gasteiger partial charge in [0.05, 0.1) is 17.3 Å². The van der Waals surface area contributed by atoms with E-state index >= 15 is 0 Å². The van der Waals surface area contributed by atoms with Gasteiger partial charge in [-0.3, -0.25) is 4.79 Å². The molecule has 0 bridgehead atoms. The zero-order valence-electron chi connectivity index (χ0n) is 26.6. The summed E-state index contributed by atoms with van der Waals surface area (Å²) in [4.78, 5) is 16.4. The summed E-state index contributed by atoms with van der Waals surface area (Å²) >= 11 is 13.0. The largest absolute Gasteiger partial charge is 0.492 e. The molecule has 9 heteroatoms. The molecule has 0 aliphatic heterocycles. The fourth-order valence-electron chi connectivity index (χ4n) is 5.23. The van der Waals surface area contributed by atoms with Crippen LogP contribution in [0.25, 0.3) is 17.0 Å². The lowest BCUT2D eigenvalue weighted by atomic mass is 9.92. The first-order valence-corrected chi connectivity index (χ1v) is 16.9. The summed E-state index contributed by atoms with van der Waals surface area (Å²) in [5, 5.41) is 13.2. The Balaban J connectivity index is 1.24. The molecule has 7 nitrogen and oxygen atoms in total. The van der Waals surface area contributed by atoms with E-state index in [1.54, 1.807) is 18.2 Å². The van der Waals surface area contributed by atoms with Gasteiger partial charge in [0.15, 0.2) is 11.5 Å². The summed E-state index contributed by atoms with van der Waals surface area (Å²) in [6, 6.07) is 12.6. The lowest BCUT2D eigenvalue weighted by Crippen LogP contribution is -2.13. The molecule has 0 aliphatic rings. The number of halogens is 2. The molecular weight excluding hydrogens is 593 g/mol. The molecule has 0 fully saturated rings. The molecule has 0 saturated carbocycles. The second kappa shape index (κ2) is 16.3. The Hall–Kier alpha value is -3.03. The minimum absolute atomic E-state index is 0.199. The zero-order chi connectivity index (χ0) is 31.5. The quantitative estimate of drug-likeness (QED) is 0.113. The normalized spacial score (nSPS) is 11.8. The number of carbonyl (C=O) groups is 1. The Bertz CT molecular complexity index is 1500. The average molecular weight is 641 g/mol. The second-order valence-corrected chi connectivity index (χ2v) is 13.4. The molecule has 1 amide bonds. The highest BCUT2D eigenvalue weighted by Gasteiger charge is 2.25. The monoisotopic (exact) mass is 639 g/mol. The number of anilines is 1. The molecule has 2 heterocycles. The van der Waals surface area contributed by atoms with Crippen molar-refractivity contribution < 1.29 is 9.53 Å². The van der Waals surface area contributed by atoms with Crippen molar-refractivity contribution in [2.45, 2.75) is 110 Å². The van der Waals surface area contributed by atoms with Gasteiger partial charge in [-0.15, -0.1) is 9.73 Å². The minimum atomic E-state index is -0.249. The Kier molecular flexibility index (Phi) is 12.6. The van der Waals surface area contributed by atoms with Gasteiger partial charge in [-0.2, -0.15) is 5.10 Å². The Morgan fingerprint density at radius 3 is 2.18 bits per heavy atom. The van der Waals surface area contributed by atoms with Gasteiger partial charge in [0.25, 0.3) is 5.91 Å². The summed E-state index contributed by atoms with van der Waals surface area (Å²) in [5.74, 6) is 0.883. The van der Waals surface area contributed by atoms with E-state index in [9.17, 15) is 4.79 Å². The van der Waals surface area contributed by atoms with E-state index in [1.165, 1.54) is 68.8 Å². The van der Waals surface area contributed by atoms with Crippen molar-refractivity contribution in [2.75, 3.05) is 11.9 Å². The number of unbranched alkanes of at least 4 members (excludes halogenated alkanes) is 11. The fourth-order valence-corrected chi connectivity index (χ4v) is 5.85. The number of aromatic nitrogens is 4. The first kappa shape index (κ1) is 33.9. The SMILES string of the molecule is CCCCCCCCCCCCCCOc1cc(C(=O)Nc2cccc(-c3nn4nc(C(C)(C)C)c(Cl)c4[nH]3)c2)ccc1Cl. The van der Waals surface area contributed by atoms with Crippen LogP contribution in [0, 0.1) is 0 Å². The third kappa shape index (κ3) is 9.48. The van der Waals surface area contributed by atoms with Gasteiger partial charge in [0, 0.05) is 22.2 Å². The van der Waals surface area contributed by atoms with Gasteiger partial charge >= 0.3 is 0 Å². The highest BCUT2D eigenvalue weighted by molar-refractivity contribution is 6.34. The maximum absolute atomic E-state index is 13.1. The minimum Gasteiger partial charge on any atom is -0.492 e. The van der Waals surface area contributed by atoms with Crippen molar-refractivity contribution in [3.63, 3.8) is 0 Å². The van der Waals surface area contributed by atoms with Crippen LogP contribution >= 0.6 is 23.2 Å². The highest BCUT2D eigenvalue weighted by Crippen LogP contribution is 2.32. The molecule has 2 aromatic carbocycles. The number of rotatable bonds is 17. The maximum Gasteiger partial charge on any atom is 0.255 e. The Labute approximate surface area is 272 Å². The van der Waals surface area contributed by atoms with Gasteiger partial charge in [0.2, 0.25) is 0 Å². The lowest BCUT2D eigenvalue weighted by molar-refractivity contribution is 0.102. The Morgan fingerprint density at radius 1 is 0.886 bits per heavy atom. The summed E-state index contributed by atoms with van der Waals surface area (Å²) in [5.41, 5.74) is 3.13. The van der Waals surface area contributed by atoms with Crippen LogP contribution in [0.5, 0.6) is 5.75 Å². The number of benzene rings is 2. The van der Waals surface area contributed by atoms with Crippen LogP contribution in [0.4, 0.5) is 5.69 Å². The molecule has 0 unspecified atom stereocenters. The van der Waals surface area contributed by atoms with Crippen LogP contribution in [-0.4, -0.2) is 32.3 Å². The number of hydrogen-bond acceptors (Lipinski definition) is 4. The van der Waals surface area contributed by atoms with Crippen molar-refractivity contribution in [2.24, 2.45) is 0 Å². The molecule has 0 aliphatic carbocycles. The second-order valence-electron chi connectivity index (χ2n) is 12.6. The van der Waals surface area contributed by atoms with Gasteiger partial charge in [-0.05, 0) is 36.8 Å². The number of ether oxygens (including phenoxy) is 1. The van der Waals surface area contributed by atoms with E-state index in [0.717, 1.165) is 24.1 Å². The first-order valence-electron chi connectivity index (χ1n) is 16.2. The van der Waals surface area contributed by atoms with Crippen LogP contribution in [0.3, 0.4) is 0 Å². The number of nitrogens with zero attached hydrogens (tertiary/aromatic N) is 3. The summed E-state index contributed by atoms with van der Waals surface area (Å²) in [6.07, 6.45) is 15.5. The van der Waals surface area contributed by atoms with Crippen LogP contribution in [-0.2, 0) is 5.41 Å². The van der Waals surface area contributed by atoms with Gasteiger partial charge in [0.1, 0.15) is 10.8 Å². The van der Waals surface area contributed by atoms with Gasteiger partial charge in [-0.1, -0.05) is 134 Å². The summed E-state index contributed by atoms with van der Waals surface area (Å²) < 4.78 is 7.49. The van der Waals surface area contributed by atoms with Crippen molar-refractivity contribution >= 4 is 40.4 Å². The fraction of sp³-hybridized carbons (Fsp3) is 0.514. The Morgan fingerprint density at radius 2 is 1.55 bits per heavy atom. The molecular formula is C35H47Cl2N5O2. The van der Waals surface area contributed by atoms with Crippen molar-refractivity contribution in [3.8, 4) is 17.1 Å². The molecule has 0 atom stereocenters. The number of nitrogens with one attached hydrogen (secondary N) is 2. The third-order valence-electron chi connectivity index (χ3n) is 7.80. The van der Waals surface area contributed by atoms with E-state index in [-0.39, 0.29) is 11.3 Å². The molecule has 0 saturated heterocycles. The predicted molar refractivity (Wildman–Crippen MR) is 182 cm³/mol. The number of fused-ring (bicyclic) bond motifs is 1. The molecule has 4 rings (SSSR count). The van der Waals surface area contributed by atoms with E-state index in [4.69, 9.17) is 27.9 Å². The van der Waals surface area contributed by atoms with E-state index in [0.29, 0.717) is 45.1 Å². The number of hydrogen-bond donors (Lipinski definition) is 2. The summed E-state index contributed by atoms with van der Waals surface area (Å²) in [7, 11) is 0. The standard InChI is InChI=1S/C35H47Cl2N5O2/c1-5-6-7-8-9-10-11-12-13-14-15-16-22-44-29-24-26(20-21-28(29)36)34(43)38-27-19-17-18-25(23-27)32-39-33-30(37)31(35(2,3)4)40-42(33)41-32/h17-21,23-24H,5-16,22H2,1-4H3,(H,38,43)(H,39,41). The molecule has 2 N–H and O–H groups in total. The number of amides is 1. The van der Waals surface area contributed by atoms with E-state index in [1.807, 2.05) is 24.3 Å². The smallest absolute Gasteiger partial charge is 0.255 e. The lowest BCUT2D eigenvalue weighted by Gasteiger charge is -2.14. The highest BCUT2D eigenvalue weighted by atomic mass is 35.5. The maximum atomic E-state index is 13.1. The third-order valence-corrected chi connectivity index (χ3v) is 8.47. The number of aromatic amines is 1. The molecule has 4 aromatic rings. The number of H-pyrrole nitrogens is 1. The molecule has 0 spiro atoms. The van der Waals surface area contributed by atoms with Gasteiger partial charge < -0.3 is 15.0 Å². The van der Waals surface area contributed by atoms with Crippen LogP contribution in [0.1, 0.15) is 121 Å².